The van der Waals surface area contributed by atoms with Gasteiger partial charge in [0.05, 0.1) is 13.2 Å². The minimum Gasteiger partial charge on any atom is -0.378 e. The molecule has 4 nitrogen and oxygen atoms in total. The Bertz CT molecular complexity index is 276. The molecule has 0 radical (unpaired) electrons. The molecule has 3 aliphatic rings. The maximum absolute atomic E-state index is 12.1. The number of carbonyl (C=O) groups excluding carboxylic acids is 1. The van der Waals surface area contributed by atoms with Crippen molar-refractivity contribution in [1.29, 1.82) is 0 Å². The smallest absolute Gasteiger partial charge is 0.224 e. The van der Waals surface area contributed by atoms with Crippen molar-refractivity contribution in [3.63, 3.8) is 0 Å². The average Bonchev–Trinajstić information content (AvgIpc) is 2.92. The molecule has 4 heteroatoms. The summed E-state index contributed by atoms with van der Waals surface area (Å²) in [5.74, 6) is 1.12. The van der Waals surface area contributed by atoms with Crippen LogP contribution >= 0.6 is 0 Å². The largest absolute Gasteiger partial charge is 0.378 e. The molecule has 1 saturated carbocycles. The van der Waals surface area contributed by atoms with Crippen LogP contribution in [-0.2, 0) is 9.53 Å². The highest BCUT2D eigenvalue weighted by Crippen LogP contribution is 2.37. The fourth-order valence-electron chi connectivity index (χ4n) is 3.31. The van der Waals surface area contributed by atoms with Gasteiger partial charge in [-0.2, -0.15) is 0 Å². The van der Waals surface area contributed by atoms with Crippen LogP contribution in [0.5, 0.6) is 0 Å². The third kappa shape index (κ3) is 1.96. The van der Waals surface area contributed by atoms with Crippen LogP contribution in [0.1, 0.15) is 25.7 Å². The number of nitrogens with one attached hydrogen (secondary N) is 1. The molecule has 0 aromatic heterocycles. The van der Waals surface area contributed by atoms with Crippen LogP contribution in [0.3, 0.4) is 0 Å². The molecule has 16 heavy (non-hydrogen) atoms. The Morgan fingerprint density at radius 3 is 3.00 bits per heavy atom. The summed E-state index contributed by atoms with van der Waals surface area (Å²) < 4.78 is 5.37. The van der Waals surface area contributed by atoms with Crippen molar-refractivity contribution < 1.29 is 9.53 Å². The normalized spacial score (nSPS) is 38.0. The topological polar surface area (TPSA) is 41.6 Å². The minimum absolute atomic E-state index is 0.236. The highest BCUT2D eigenvalue weighted by atomic mass is 16.5. The molecule has 2 saturated heterocycles. The monoisotopic (exact) mass is 224 g/mol. The number of carbonyl (C=O) groups is 1. The van der Waals surface area contributed by atoms with E-state index < -0.39 is 0 Å². The molecule has 1 aliphatic carbocycles. The number of ether oxygens (including phenoxy) is 1. The molecule has 2 aliphatic heterocycles. The third-order valence-electron chi connectivity index (χ3n) is 4.15. The highest BCUT2D eigenvalue weighted by Gasteiger charge is 2.40. The fraction of sp³-hybridized carbons (Fsp3) is 0.917. The minimum atomic E-state index is 0.236. The number of amides is 1. The zero-order valence-corrected chi connectivity index (χ0v) is 9.65. The van der Waals surface area contributed by atoms with E-state index in [1.165, 1.54) is 19.3 Å². The van der Waals surface area contributed by atoms with Gasteiger partial charge in [-0.3, -0.25) is 4.79 Å². The van der Waals surface area contributed by atoms with E-state index in [0.29, 0.717) is 25.0 Å². The number of nitrogens with zero attached hydrogens (tertiary/aromatic N) is 1. The Kier molecular flexibility index (Phi) is 2.86. The predicted octanol–water partition coefficient (Wildman–Crippen LogP) is 0.376. The molecule has 3 fully saturated rings. The van der Waals surface area contributed by atoms with Crippen LogP contribution in [0, 0.1) is 5.92 Å². The van der Waals surface area contributed by atoms with Gasteiger partial charge in [0, 0.05) is 31.6 Å². The van der Waals surface area contributed by atoms with E-state index in [-0.39, 0.29) is 6.04 Å². The van der Waals surface area contributed by atoms with Gasteiger partial charge in [-0.05, 0) is 25.2 Å². The first-order chi connectivity index (χ1) is 7.83. The van der Waals surface area contributed by atoms with Gasteiger partial charge in [0.2, 0.25) is 5.91 Å². The van der Waals surface area contributed by atoms with Crippen molar-refractivity contribution in [3.05, 3.63) is 0 Å². The summed E-state index contributed by atoms with van der Waals surface area (Å²) in [5.41, 5.74) is 0. The lowest BCUT2D eigenvalue weighted by Gasteiger charge is -2.30. The van der Waals surface area contributed by atoms with Gasteiger partial charge in [-0.25, -0.2) is 0 Å². The molecular formula is C12H20N2O2. The summed E-state index contributed by atoms with van der Waals surface area (Å²) in [4.78, 5) is 14.2. The molecule has 3 rings (SSSR count). The van der Waals surface area contributed by atoms with Crippen LogP contribution in [-0.4, -0.2) is 49.2 Å². The van der Waals surface area contributed by atoms with Gasteiger partial charge in [0.25, 0.3) is 0 Å². The highest BCUT2D eigenvalue weighted by molar-refractivity contribution is 5.77. The Labute approximate surface area is 96.3 Å². The number of hydrogen-bond donors (Lipinski definition) is 1. The molecule has 0 aromatic carbocycles. The van der Waals surface area contributed by atoms with Crippen LogP contribution in [0.25, 0.3) is 0 Å². The second kappa shape index (κ2) is 4.34. The number of likely N-dealkylation sites (tertiary alicyclic amines) is 1. The first kappa shape index (κ1) is 10.5. The molecule has 90 valence electrons. The molecule has 0 spiro atoms. The quantitative estimate of drug-likeness (QED) is 0.737. The zero-order valence-electron chi connectivity index (χ0n) is 9.65. The summed E-state index contributed by atoms with van der Waals surface area (Å²) in [7, 11) is 0. The molecular weight excluding hydrogens is 204 g/mol. The van der Waals surface area contributed by atoms with Crippen molar-refractivity contribution in [2.75, 3.05) is 26.3 Å². The van der Waals surface area contributed by atoms with Crippen molar-refractivity contribution in [2.24, 2.45) is 5.92 Å². The molecule has 0 aromatic rings. The maximum atomic E-state index is 12.1. The van der Waals surface area contributed by atoms with Gasteiger partial charge in [-0.15, -0.1) is 0 Å². The zero-order chi connectivity index (χ0) is 11.0. The number of fused-ring (bicyclic) bond motifs is 2. The molecule has 2 heterocycles. The molecule has 3 atom stereocenters. The van der Waals surface area contributed by atoms with E-state index >= 15 is 0 Å². The molecule has 1 N–H and O–H groups in total. The van der Waals surface area contributed by atoms with Gasteiger partial charge in [0.15, 0.2) is 0 Å². The van der Waals surface area contributed by atoms with Crippen molar-refractivity contribution >= 4 is 5.91 Å². The Morgan fingerprint density at radius 1 is 1.44 bits per heavy atom. The van der Waals surface area contributed by atoms with E-state index in [4.69, 9.17) is 4.74 Å². The van der Waals surface area contributed by atoms with Crippen molar-refractivity contribution in [1.82, 2.24) is 10.2 Å². The van der Waals surface area contributed by atoms with E-state index in [9.17, 15) is 4.79 Å². The van der Waals surface area contributed by atoms with Gasteiger partial charge in [0.1, 0.15) is 0 Å². The molecule has 3 unspecified atom stereocenters. The number of hydrogen-bond acceptors (Lipinski definition) is 3. The van der Waals surface area contributed by atoms with Crippen LogP contribution in [0.15, 0.2) is 0 Å². The lowest BCUT2D eigenvalue weighted by Crippen LogP contribution is -2.46. The summed E-state index contributed by atoms with van der Waals surface area (Å²) >= 11 is 0. The summed E-state index contributed by atoms with van der Waals surface area (Å²) in [6, 6.07) is 0.794. The van der Waals surface area contributed by atoms with Gasteiger partial charge < -0.3 is 15.0 Å². The Hall–Kier alpha value is -0.610. The Balaban J connectivity index is 1.53. The van der Waals surface area contributed by atoms with Gasteiger partial charge in [-0.1, -0.05) is 0 Å². The lowest BCUT2D eigenvalue weighted by molar-refractivity contribution is -0.134. The summed E-state index contributed by atoms with van der Waals surface area (Å²) in [6.45, 7) is 3.36. The van der Waals surface area contributed by atoms with Crippen molar-refractivity contribution in [3.8, 4) is 0 Å². The van der Waals surface area contributed by atoms with Gasteiger partial charge >= 0.3 is 0 Å². The molecule has 2 bridgehead atoms. The Morgan fingerprint density at radius 2 is 2.38 bits per heavy atom. The maximum Gasteiger partial charge on any atom is 0.224 e. The lowest BCUT2D eigenvalue weighted by atomic mass is 10.1. The number of morpholine rings is 1. The second-order valence-corrected chi connectivity index (χ2v) is 5.31. The van der Waals surface area contributed by atoms with Crippen LogP contribution in [0.2, 0.25) is 0 Å². The number of rotatable bonds is 2. The summed E-state index contributed by atoms with van der Waals surface area (Å²) in [5, 5.41) is 3.35. The standard InChI is InChI=1S/C12H20N2O2/c15-12(6-10-8-16-4-3-13-10)14-7-9-1-2-11(14)5-9/h9-11,13H,1-8H2. The second-order valence-electron chi connectivity index (χ2n) is 5.31. The van der Waals surface area contributed by atoms with Crippen LogP contribution in [0.4, 0.5) is 0 Å². The van der Waals surface area contributed by atoms with Crippen LogP contribution < -0.4 is 5.32 Å². The first-order valence-electron chi connectivity index (χ1n) is 6.43. The first-order valence-corrected chi connectivity index (χ1v) is 6.43. The molecule has 1 amide bonds. The van der Waals surface area contributed by atoms with E-state index in [2.05, 4.69) is 10.2 Å². The van der Waals surface area contributed by atoms with Crippen molar-refractivity contribution in [2.45, 2.75) is 37.8 Å². The predicted molar refractivity (Wildman–Crippen MR) is 60.1 cm³/mol. The van der Waals surface area contributed by atoms with E-state index in [0.717, 1.165) is 25.6 Å². The van der Waals surface area contributed by atoms with E-state index in [1.54, 1.807) is 0 Å². The third-order valence-corrected chi connectivity index (χ3v) is 4.15. The average molecular weight is 224 g/mol. The number of piperidine rings is 1. The summed E-state index contributed by atoms with van der Waals surface area (Å²) in [6.07, 6.45) is 4.42. The fourth-order valence-corrected chi connectivity index (χ4v) is 3.31. The SMILES string of the molecule is O=C(CC1COCCN1)N1CC2CCC1C2. The van der Waals surface area contributed by atoms with E-state index in [1.807, 2.05) is 0 Å².